The van der Waals surface area contributed by atoms with Crippen LogP contribution in [-0.2, 0) is 16.0 Å². The molecule has 0 bridgehead atoms. The topological polar surface area (TPSA) is 53.5 Å². The minimum absolute atomic E-state index is 0.0844. The van der Waals surface area contributed by atoms with Crippen molar-refractivity contribution >= 4 is 23.2 Å². The smallest absolute Gasteiger partial charge is 0.228 e. The molecule has 0 atom stereocenters. The van der Waals surface area contributed by atoms with Crippen LogP contribution in [0.5, 0.6) is 0 Å². The Kier molecular flexibility index (Phi) is 6.60. The van der Waals surface area contributed by atoms with Crippen LogP contribution >= 0.6 is 11.3 Å². The number of likely N-dealkylation sites (tertiary alicyclic amines) is 2. The number of carbonyl (C=O) groups is 2. The fraction of sp³-hybridized carbons (Fsp3) is 0.522. The molecule has 3 heterocycles. The summed E-state index contributed by atoms with van der Waals surface area (Å²) in [5.74, 6) is 0.516. The fourth-order valence-corrected chi connectivity index (χ4v) is 5.12. The lowest BCUT2D eigenvalue weighted by molar-refractivity contribution is -0.140. The molecule has 154 valence electrons. The average Bonchev–Trinajstić information content (AvgIpc) is 3.06. The Hall–Kier alpha value is -2.21. The first kappa shape index (κ1) is 20.1. The molecule has 5 nitrogen and oxygen atoms in total. The van der Waals surface area contributed by atoms with Crippen molar-refractivity contribution in [2.45, 2.75) is 44.9 Å². The molecule has 2 aliphatic heterocycles. The van der Waals surface area contributed by atoms with E-state index in [1.54, 1.807) is 11.3 Å². The van der Waals surface area contributed by atoms with E-state index in [-0.39, 0.29) is 11.8 Å². The van der Waals surface area contributed by atoms with Gasteiger partial charge >= 0.3 is 0 Å². The van der Waals surface area contributed by atoms with Crippen molar-refractivity contribution in [1.82, 2.24) is 14.8 Å². The number of carbonyl (C=O) groups excluding carboxylic acids is 2. The minimum atomic E-state index is 0.0844. The van der Waals surface area contributed by atoms with Crippen molar-refractivity contribution in [3.05, 3.63) is 41.4 Å². The number of hydrogen-bond donors (Lipinski definition) is 0. The first-order chi connectivity index (χ1) is 14.2. The van der Waals surface area contributed by atoms with E-state index in [0.29, 0.717) is 25.4 Å². The largest absolute Gasteiger partial charge is 0.342 e. The lowest BCUT2D eigenvalue weighted by Crippen LogP contribution is -2.45. The van der Waals surface area contributed by atoms with Crippen molar-refractivity contribution in [3.8, 4) is 10.6 Å². The van der Waals surface area contributed by atoms with Gasteiger partial charge < -0.3 is 9.80 Å². The number of thiazole rings is 1. The van der Waals surface area contributed by atoms with E-state index < -0.39 is 0 Å². The van der Waals surface area contributed by atoms with Gasteiger partial charge in [0.25, 0.3) is 0 Å². The van der Waals surface area contributed by atoms with Gasteiger partial charge in [0, 0.05) is 43.0 Å². The number of aromatic nitrogens is 1. The Morgan fingerprint density at radius 2 is 1.62 bits per heavy atom. The molecule has 6 heteroatoms. The molecule has 0 saturated carbocycles. The molecule has 0 unspecified atom stereocenters. The lowest BCUT2D eigenvalue weighted by Gasteiger charge is -2.34. The SMILES string of the molecule is O=C(Cc1csc(-c2ccccc2)n1)N1CCC(C(=O)N2CCCCCC2)CC1. The minimum Gasteiger partial charge on any atom is -0.342 e. The quantitative estimate of drug-likeness (QED) is 0.764. The molecule has 0 radical (unpaired) electrons. The van der Waals surface area contributed by atoms with Gasteiger partial charge in [0.15, 0.2) is 0 Å². The number of amides is 2. The van der Waals surface area contributed by atoms with Crippen molar-refractivity contribution in [2.75, 3.05) is 26.2 Å². The summed E-state index contributed by atoms with van der Waals surface area (Å²) in [5, 5.41) is 2.94. The Morgan fingerprint density at radius 3 is 2.31 bits per heavy atom. The predicted molar refractivity (Wildman–Crippen MR) is 116 cm³/mol. The van der Waals surface area contributed by atoms with Gasteiger partial charge in [-0.05, 0) is 25.7 Å². The maximum atomic E-state index is 12.8. The zero-order chi connectivity index (χ0) is 20.1. The van der Waals surface area contributed by atoms with Crippen LogP contribution in [-0.4, -0.2) is 52.8 Å². The van der Waals surface area contributed by atoms with Gasteiger partial charge in [0.05, 0.1) is 12.1 Å². The van der Waals surface area contributed by atoms with Crippen LogP contribution in [0.4, 0.5) is 0 Å². The van der Waals surface area contributed by atoms with Crippen LogP contribution in [0.2, 0.25) is 0 Å². The van der Waals surface area contributed by atoms with Crippen LogP contribution in [0.25, 0.3) is 10.6 Å². The molecule has 0 spiro atoms. The van der Waals surface area contributed by atoms with Crippen LogP contribution in [0.1, 0.15) is 44.2 Å². The predicted octanol–water partition coefficient (Wildman–Crippen LogP) is 3.99. The second-order valence-corrected chi connectivity index (χ2v) is 8.94. The van der Waals surface area contributed by atoms with Crippen LogP contribution < -0.4 is 0 Å². The maximum absolute atomic E-state index is 12.8. The second kappa shape index (κ2) is 9.53. The highest BCUT2D eigenvalue weighted by molar-refractivity contribution is 7.13. The van der Waals surface area contributed by atoms with Crippen LogP contribution in [0.15, 0.2) is 35.7 Å². The lowest BCUT2D eigenvalue weighted by atomic mass is 9.95. The number of rotatable bonds is 4. The van der Waals surface area contributed by atoms with Gasteiger partial charge in [0.1, 0.15) is 5.01 Å². The standard InChI is InChI=1S/C23H29N3O2S/c27-21(16-20-17-29-22(24-20)18-8-4-3-5-9-18)25-14-10-19(11-15-25)23(28)26-12-6-1-2-7-13-26/h3-5,8-9,17,19H,1-2,6-7,10-16H2. The van der Waals surface area contributed by atoms with Gasteiger partial charge in [-0.2, -0.15) is 0 Å². The van der Waals surface area contributed by atoms with Crippen molar-refractivity contribution < 1.29 is 9.59 Å². The molecule has 0 aliphatic carbocycles. The van der Waals surface area contributed by atoms with E-state index in [4.69, 9.17) is 0 Å². The monoisotopic (exact) mass is 411 g/mol. The molecule has 1 aromatic carbocycles. The summed E-state index contributed by atoms with van der Waals surface area (Å²) in [6.45, 7) is 3.18. The zero-order valence-corrected chi connectivity index (χ0v) is 17.7. The third-order valence-corrected chi connectivity index (χ3v) is 6.96. The molecule has 29 heavy (non-hydrogen) atoms. The normalized spacial score (nSPS) is 18.5. The molecule has 2 fully saturated rings. The highest BCUT2D eigenvalue weighted by Crippen LogP contribution is 2.25. The van der Waals surface area contributed by atoms with E-state index in [9.17, 15) is 9.59 Å². The van der Waals surface area contributed by atoms with Gasteiger partial charge in [-0.25, -0.2) is 4.98 Å². The van der Waals surface area contributed by atoms with E-state index >= 15 is 0 Å². The fourth-order valence-electron chi connectivity index (χ4n) is 4.29. The van der Waals surface area contributed by atoms with E-state index in [0.717, 1.165) is 55.0 Å². The zero-order valence-electron chi connectivity index (χ0n) is 16.9. The first-order valence-corrected chi connectivity index (χ1v) is 11.6. The molecule has 4 rings (SSSR count). The number of hydrogen-bond acceptors (Lipinski definition) is 4. The average molecular weight is 412 g/mol. The molecule has 0 N–H and O–H groups in total. The van der Waals surface area contributed by atoms with Gasteiger partial charge in [0.2, 0.25) is 11.8 Å². The summed E-state index contributed by atoms with van der Waals surface area (Å²) < 4.78 is 0. The number of piperidine rings is 1. The molecule has 1 aromatic heterocycles. The summed E-state index contributed by atoms with van der Waals surface area (Å²) in [7, 11) is 0. The molecular formula is C23H29N3O2S. The second-order valence-electron chi connectivity index (χ2n) is 8.08. The molecular weight excluding hydrogens is 382 g/mol. The van der Waals surface area contributed by atoms with E-state index in [1.807, 2.05) is 40.6 Å². The van der Waals surface area contributed by atoms with Crippen molar-refractivity contribution in [2.24, 2.45) is 5.92 Å². The summed E-state index contributed by atoms with van der Waals surface area (Å²) in [5.41, 5.74) is 1.92. The Morgan fingerprint density at radius 1 is 0.931 bits per heavy atom. The summed E-state index contributed by atoms with van der Waals surface area (Å²) in [6.07, 6.45) is 6.64. The van der Waals surface area contributed by atoms with Crippen molar-refractivity contribution in [3.63, 3.8) is 0 Å². The van der Waals surface area contributed by atoms with Gasteiger partial charge in [-0.3, -0.25) is 9.59 Å². The summed E-state index contributed by atoms with van der Waals surface area (Å²) in [6, 6.07) is 10.1. The van der Waals surface area contributed by atoms with Crippen LogP contribution in [0, 0.1) is 5.92 Å². The van der Waals surface area contributed by atoms with E-state index in [1.165, 1.54) is 12.8 Å². The molecule has 2 aliphatic rings. The summed E-state index contributed by atoms with van der Waals surface area (Å²) >= 11 is 1.58. The highest BCUT2D eigenvalue weighted by Gasteiger charge is 2.30. The van der Waals surface area contributed by atoms with Crippen LogP contribution in [0.3, 0.4) is 0 Å². The van der Waals surface area contributed by atoms with E-state index in [2.05, 4.69) is 9.88 Å². The Balaban J connectivity index is 1.28. The van der Waals surface area contributed by atoms with Gasteiger partial charge in [-0.1, -0.05) is 43.2 Å². The molecule has 2 amide bonds. The molecule has 2 saturated heterocycles. The third kappa shape index (κ3) is 5.04. The maximum Gasteiger partial charge on any atom is 0.228 e. The Labute approximate surface area is 176 Å². The third-order valence-electron chi connectivity index (χ3n) is 6.02. The van der Waals surface area contributed by atoms with Gasteiger partial charge in [-0.15, -0.1) is 11.3 Å². The number of nitrogens with zero attached hydrogens (tertiary/aromatic N) is 3. The highest BCUT2D eigenvalue weighted by atomic mass is 32.1. The summed E-state index contributed by atoms with van der Waals surface area (Å²) in [4.78, 5) is 34.2. The van der Waals surface area contributed by atoms with Crippen molar-refractivity contribution in [1.29, 1.82) is 0 Å². The Bertz CT molecular complexity index is 820. The first-order valence-electron chi connectivity index (χ1n) is 10.8. The molecule has 2 aromatic rings. The number of benzene rings is 1.